The standard InChI is InChI=1S/C17H14BClN4O3/c1-10-16(21-22-23(10)14-6-3-12(19)4-7-14)17(24)20-13-5-2-11-9-26-18(25)15(11)8-13/h2-8,25H,9H2,1H3,(H,20,24). The second-order valence-corrected chi connectivity index (χ2v) is 6.38. The van der Waals surface area contributed by atoms with Gasteiger partial charge in [0.1, 0.15) is 0 Å². The van der Waals surface area contributed by atoms with Gasteiger partial charge in [-0.25, -0.2) is 4.68 Å². The van der Waals surface area contributed by atoms with Gasteiger partial charge in [0.25, 0.3) is 5.91 Å². The average molecular weight is 369 g/mol. The van der Waals surface area contributed by atoms with Crippen molar-refractivity contribution >= 4 is 35.8 Å². The van der Waals surface area contributed by atoms with Crippen LogP contribution in [0.2, 0.25) is 5.02 Å². The van der Waals surface area contributed by atoms with Crippen LogP contribution in [0.3, 0.4) is 0 Å². The van der Waals surface area contributed by atoms with E-state index in [-0.39, 0.29) is 11.6 Å². The van der Waals surface area contributed by atoms with Crippen molar-refractivity contribution in [3.05, 3.63) is 64.4 Å². The molecule has 3 aromatic rings. The van der Waals surface area contributed by atoms with Crippen LogP contribution in [0.4, 0.5) is 5.69 Å². The largest absolute Gasteiger partial charge is 0.491 e. The highest BCUT2D eigenvalue weighted by Gasteiger charge is 2.27. The lowest BCUT2D eigenvalue weighted by Crippen LogP contribution is -2.28. The number of anilines is 1. The number of aromatic nitrogens is 3. The average Bonchev–Trinajstić information content (AvgIpc) is 3.19. The van der Waals surface area contributed by atoms with Crippen LogP contribution in [0, 0.1) is 6.92 Å². The number of nitrogens with one attached hydrogen (secondary N) is 1. The molecule has 7 nitrogen and oxygen atoms in total. The fourth-order valence-electron chi connectivity index (χ4n) is 2.85. The van der Waals surface area contributed by atoms with Crippen LogP contribution in [0.15, 0.2) is 42.5 Å². The number of hydrogen-bond donors (Lipinski definition) is 2. The number of carbonyl (C=O) groups excluding carboxylic acids is 1. The summed E-state index contributed by atoms with van der Waals surface area (Å²) < 4.78 is 6.73. The number of fused-ring (bicyclic) bond motifs is 1. The molecule has 1 aliphatic heterocycles. The lowest BCUT2D eigenvalue weighted by molar-refractivity contribution is 0.102. The predicted molar refractivity (Wildman–Crippen MR) is 97.9 cm³/mol. The Morgan fingerprint density at radius 3 is 2.85 bits per heavy atom. The minimum atomic E-state index is -0.964. The van der Waals surface area contributed by atoms with E-state index in [0.717, 1.165) is 11.3 Å². The van der Waals surface area contributed by atoms with Gasteiger partial charge in [0.15, 0.2) is 5.69 Å². The van der Waals surface area contributed by atoms with Crippen LogP contribution in [0.1, 0.15) is 21.7 Å². The molecular weight excluding hydrogens is 354 g/mol. The van der Waals surface area contributed by atoms with Gasteiger partial charge < -0.3 is 15.0 Å². The molecule has 2 aromatic carbocycles. The van der Waals surface area contributed by atoms with Gasteiger partial charge in [0.2, 0.25) is 0 Å². The summed E-state index contributed by atoms with van der Waals surface area (Å²) in [4.78, 5) is 12.6. The Labute approximate surface area is 154 Å². The Kier molecular flexibility index (Phi) is 4.24. The topological polar surface area (TPSA) is 89.3 Å². The second-order valence-electron chi connectivity index (χ2n) is 5.94. The smallest absolute Gasteiger partial charge is 0.423 e. The zero-order chi connectivity index (χ0) is 18.3. The summed E-state index contributed by atoms with van der Waals surface area (Å²) in [5.74, 6) is -0.379. The molecule has 130 valence electrons. The highest BCUT2D eigenvalue weighted by molar-refractivity contribution is 6.61. The summed E-state index contributed by atoms with van der Waals surface area (Å²) in [7, 11) is -0.964. The van der Waals surface area contributed by atoms with E-state index in [0.29, 0.717) is 28.5 Å². The van der Waals surface area contributed by atoms with E-state index in [4.69, 9.17) is 16.3 Å². The summed E-state index contributed by atoms with van der Waals surface area (Å²) >= 11 is 5.90. The fraction of sp³-hybridized carbons (Fsp3) is 0.118. The summed E-state index contributed by atoms with van der Waals surface area (Å²) in [6.07, 6.45) is 0. The number of hydrogen-bond acceptors (Lipinski definition) is 5. The van der Waals surface area contributed by atoms with Gasteiger partial charge in [-0.1, -0.05) is 22.9 Å². The molecule has 0 unspecified atom stereocenters. The molecule has 0 atom stereocenters. The third-order valence-electron chi connectivity index (χ3n) is 4.25. The van der Waals surface area contributed by atoms with Gasteiger partial charge in [-0.15, -0.1) is 5.10 Å². The third-order valence-corrected chi connectivity index (χ3v) is 4.50. The Bertz CT molecular complexity index is 990. The number of halogens is 1. The van der Waals surface area contributed by atoms with E-state index < -0.39 is 7.12 Å². The van der Waals surface area contributed by atoms with Gasteiger partial charge >= 0.3 is 7.12 Å². The zero-order valence-corrected chi connectivity index (χ0v) is 14.6. The van der Waals surface area contributed by atoms with Crippen LogP contribution in [0.25, 0.3) is 5.69 Å². The van der Waals surface area contributed by atoms with Crippen molar-refractivity contribution in [1.82, 2.24) is 15.0 Å². The lowest BCUT2D eigenvalue weighted by Gasteiger charge is -2.07. The molecule has 0 fully saturated rings. The number of amides is 1. The molecule has 4 rings (SSSR count). The van der Waals surface area contributed by atoms with Crippen molar-refractivity contribution in [2.45, 2.75) is 13.5 Å². The summed E-state index contributed by atoms with van der Waals surface area (Å²) in [5, 5.41) is 21.2. The second kappa shape index (κ2) is 6.56. The molecule has 1 aromatic heterocycles. The molecule has 1 amide bonds. The maximum Gasteiger partial charge on any atom is 0.491 e. The minimum absolute atomic E-state index is 0.220. The minimum Gasteiger partial charge on any atom is -0.423 e. The zero-order valence-electron chi connectivity index (χ0n) is 13.8. The normalized spacial score (nSPS) is 13.0. The SMILES string of the molecule is Cc1c(C(=O)Nc2ccc3c(c2)B(O)OC3)nnn1-c1ccc(Cl)cc1. The number of carbonyl (C=O) groups is 1. The lowest BCUT2D eigenvalue weighted by atomic mass is 9.79. The molecule has 0 saturated carbocycles. The van der Waals surface area contributed by atoms with Crippen molar-refractivity contribution in [2.24, 2.45) is 0 Å². The van der Waals surface area contributed by atoms with Crippen molar-refractivity contribution in [1.29, 1.82) is 0 Å². The van der Waals surface area contributed by atoms with Crippen LogP contribution in [-0.2, 0) is 11.3 Å². The van der Waals surface area contributed by atoms with Gasteiger partial charge in [-0.3, -0.25) is 4.79 Å². The van der Waals surface area contributed by atoms with Gasteiger partial charge in [0.05, 0.1) is 18.0 Å². The molecule has 2 heterocycles. The highest BCUT2D eigenvalue weighted by Crippen LogP contribution is 2.18. The Morgan fingerprint density at radius 2 is 2.08 bits per heavy atom. The Morgan fingerprint density at radius 1 is 1.31 bits per heavy atom. The van der Waals surface area contributed by atoms with Crippen molar-refractivity contribution < 1.29 is 14.5 Å². The quantitative estimate of drug-likeness (QED) is 0.687. The monoisotopic (exact) mass is 368 g/mol. The molecule has 0 spiro atoms. The summed E-state index contributed by atoms with van der Waals surface area (Å²) in [6.45, 7) is 2.13. The summed E-state index contributed by atoms with van der Waals surface area (Å²) in [5.41, 5.74) is 3.70. The number of benzene rings is 2. The predicted octanol–water partition coefficient (Wildman–Crippen LogP) is 1.70. The molecule has 0 radical (unpaired) electrons. The van der Waals surface area contributed by atoms with E-state index in [1.165, 1.54) is 0 Å². The van der Waals surface area contributed by atoms with Crippen molar-refractivity contribution in [3.8, 4) is 5.69 Å². The molecule has 1 aliphatic rings. The van der Waals surface area contributed by atoms with E-state index in [2.05, 4.69) is 15.6 Å². The Balaban J connectivity index is 1.58. The van der Waals surface area contributed by atoms with Gasteiger partial charge in [-0.2, -0.15) is 0 Å². The van der Waals surface area contributed by atoms with Crippen molar-refractivity contribution in [3.63, 3.8) is 0 Å². The van der Waals surface area contributed by atoms with E-state index in [1.807, 2.05) is 6.07 Å². The third kappa shape index (κ3) is 2.99. The van der Waals surface area contributed by atoms with E-state index in [1.54, 1.807) is 48.0 Å². The van der Waals surface area contributed by atoms with Crippen LogP contribution >= 0.6 is 11.6 Å². The molecule has 26 heavy (non-hydrogen) atoms. The highest BCUT2D eigenvalue weighted by atomic mass is 35.5. The van der Waals surface area contributed by atoms with Crippen molar-refractivity contribution in [2.75, 3.05) is 5.32 Å². The molecule has 0 aliphatic carbocycles. The first-order valence-electron chi connectivity index (χ1n) is 7.95. The maximum absolute atomic E-state index is 12.6. The fourth-order valence-corrected chi connectivity index (χ4v) is 2.98. The number of nitrogens with zero attached hydrogens (tertiary/aromatic N) is 3. The first kappa shape index (κ1) is 16.8. The van der Waals surface area contributed by atoms with Crippen LogP contribution < -0.4 is 10.8 Å². The first-order valence-corrected chi connectivity index (χ1v) is 8.33. The van der Waals surface area contributed by atoms with Gasteiger partial charge in [-0.05, 0) is 54.3 Å². The van der Waals surface area contributed by atoms with Crippen LogP contribution in [0.5, 0.6) is 0 Å². The molecule has 9 heteroatoms. The first-order chi connectivity index (χ1) is 12.5. The Hall–Kier alpha value is -2.68. The molecule has 2 N–H and O–H groups in total. The summed E-state index contributed by atoms with van der Waals surface area (Å²) in [6, 6.07) is 12.4. The van der Waals surface area contributed by atoms with E-state index >= 15 is 0 Å². The number of rotatable bonds is 3. The van der Waals surface area contributed by atoms with E-state index in [9.17, 15) is 9.82 Å². The molecule has 0 bridgehead atoms. The molecule has 0 saturated heterocycles. The van der Waals surface area contributed by atoms with Crippen LogP contribution in [-0.4, -0.2) is 33.0 Å². The maximum atomic E-state index is 12.6. The molecular formula is C17H14BClN4O3. The van der Waals surface area contributed by atoms with Gasteiger partial charge in [0, 0.05) is 10.7 Å².